The smallest absolute Gasteiger partial charge is 0.0694 e. The van der Waals surface area contributed by atoms with Gasteiger partial charge in [0.15, 0.2) is 0 Å². The minimum atomic E-state index is 0.0642. The first kappa shape index (κ1) is 28.4. The standard InChI is InChI=1S/C36H48N4/c1-9-23-24(10-2)30-18-31-25(11-3)26(12-4)32(39-31)19-33-27(13-5)28(14-6)34(40-33)20-35-36(15-7,16-8)21-22(37-35)17-29(23)38-30/h17-21,35,37-38H,9-16H2,1-8H3. The summed E-state index contributed by atoms with van der Waals surface area (Å²) in [6, 6.07) is 0.206. The van der Waals surface area contributed by atoms with Crippen molar-refractivity contribution in [1.82, 2.24) is 10.3 Å². The van der Waals surface area contributed by atoms with E-state index in [1.165, 1.54) is 49.8 Å². The monoisotopic (exact) mass is 536 g/mol. The van der Waals surface area contributed by atoms with Crippen molar-refractivity contribution < 1.29 is 0 Å². The van der Waals surface area contributed by atoms with E-state index in [4.69, 9.17) is 9.98 Å². The molecule has 1 unspecified atom stereocenters. The van der Waals surface area contributed by atoms with Crippen molar-refractivity contribution in [2.45, 2.75) is 113 Å². The number of hydrogen-bond donors (Lipinski definition) is 2. The summed E-state index contributed by atoms with van der Waals surface area (Å²) in [5, 5.41) is 6.36. The lowest BCUT2D eigenvalue weighted by molar-refractivity contribution is 0.314. The molecule has 1 atom stereocenters. The third kappa shape index (κ3) is 4.54. The largest absolute Gasteiger partial charge is 0.378 e. The predicted molar refractivity (Wildman–Crippen MR) is 172 cm³/mol. The van der Waals surface area contributed by atoms with E-state index in [1.54, 1.807) is 0 Å². The van der Waals surface area contributed by atoms with E-state index in [1.807, 2.05) is 0 Å². The maximum absolute atomic E-state index is 5.32. The molecule has 5 rings (SSSR count). The molecule has 0 saturated heterocycles. The number of allylic oxidation sites excluding steroid dienone is 6. The molecular formula is C36H48N4. The van der Waals surface area contributed by atoms with E-state index in [-0.39, 0.29) is 11.5 Å². The van der Waals surface area contributed by atoms with Crippen molar-refractivity contribution in [2.75, 3.05) is 0 Å². The lowest BCUT2D eigenvalue weighted by atomic mass is 9.76. The third-order valence-electron chi connectivity index (χ3n) is 9.73. The molecule has 4 heteroatoms. The van der Waals surface area contributed by atoms with E-state index >= 15 is 0 Å². The Morgan fingerprint density at radius 1 is 0.625 bits per heavy atom. The number of aliphatic imine (C=N–C) groups is 2. The normalized spacial score (nSPS) is 21.4. The van der Waals surface area contributed by atoms with Gasteiger partial charge in [0.2, 0.25) is 0 Å². The van der Waals surface area contributed by atoms with Crippen molar-refractivity contribution in [3.05, 3.63) is 79.4 Å². The zero-order valence-corrected chi connectivity index (χ0v) is 26.0. The average molecular weight is 537 g/mol. The number of nitrogens with one attached hydrogen (secondary N) is 2. The minimum absolute atomic E-state index is 0.0642. The SMILES string of the molecule is CCC1=C(CC)C2=NC1=CC1NC(=CC1(CC)CC)C=c1[nH]c(c(CC)c1CC)=CC1=NC(=C2)C(CC)=C1CC. The molecule has 4 nitrogen and oxygen atoms in total. The highest BCUT2D eigenvalue weighted by atomic mass is 15.0. The molecular weight excluding hydrogens is 488 g/mol. The number of nitrogens with zero attached hydrogens (tertiary/aromatic N) is 2. The highest BCUT2D eigenvalue weighted by Crippen LogP contribution is 2.42. The van der Waals surface area contributed by atoms with Gasteiger partial charge >= 0.3 is 0 Å². The van der Waals surface area contributed by atoms with E-state index in [0.717, 1.165) is 74.2 Å². The first-order valence-corrected chi connectivity index (χ1v) is 15.9. The molecule has 1 aromatic rings. The van der Waals surface area contributed by atoms with Gasteiger partial charge in [-0.15, -0.1) is 0 Å². The molecule has 0 aromatic carbocycles. The second-order valence-electron chi connectivity index (χ2n) is 11.5. The van der Waals surface area contributed by atoms with Crippen LogP contribution in [0.3, 0.4) is 0 Å². The Labute approximate surface area is 241 Å². The van der Waals surface area contributed by atoms with Gasteiger partial charge in [0.1, 0.15) is 0 Å². The Balaban J connectivity index is 1.86. The lowest BCUT2D eigenvalue weighted by Crippen LogP contribution is -2.36. The van der Waals surface area contributed by atoms with E-state index in [2.05, 4.69) is 96.1 Å². The Hall–Kier alpha value is -3.14. The second kappa shape index (κ2) is 11.4. The number of rotatable bonds is 8. The van der Waals surface area contributed by atoms with E-state index in [9.17, 15) is 0 Å². The summed E-state index contributed by atoms with van der Waals surface area (Å²) in [7, 11) is 0. The summed E-state index contributed by atoms with van der Waals surface area (Å²) < 4.78 is 0. The van der Waals surface area contributed by atoms with Gasteiger partial charge in [0, 0.05) is 21.8 Å². The number of aromatic amines is 1. The molecule has 40 heavy (non-hydrogen) atoms. The Kier molecular flexibility index (Phi) is 8.08. The molecule has 5 heterocycles. The van der Waals surface area contributed by atoms with Crippen LogP contribution < -0.4 is 16.0 Å². The summed E-state index contributed by atoms with van der Waals surface area (Å²) >= 11 is 0. The quantitative estimate of drug-likeness (QED) is 0.360. The van der Waals surface area contributed by atoms with Crippen LogP contribution in [0.2, 0.25) is 0 Å². The number of hydrogen-bond acceptors (Lipinski definition) is 3. The van der Waals surface area contributed by atoms with Gasteiger partial charge in [-0.05, 0) is 109 Å². The highest BCUT2D eigenvalue weighted by Gasteiger charge is 2.39. The fourth-order valence-corrected chi connectivity index (χ4v) is 7.43. The van der Waals surface area contributed by atoms with Crippen LogP contribution in [0.5, 0.6) is 0 Å². The minimum Gasteiger partial charge on any atom is -0.378 e. The fourth-order valence-electron chi connectivity index (χ4n) is 7.43. The topological polar surface area (TPSA) is 52.5 Å². The molecule has 4 aliphatic heterocycles. The maximum Gasteiger partial charge on any atom is 0.0694 e. The number of H-pyrrole nitrogens is 1. The summed E-state index contributed by atoms with van der Waals surface area (Å²) in [5.41, 5.74) is 14.0. The van der Waals surface area contributed by atoms with Gasteiger partial charge in [-0.3, -0.25) is 0 Å². The molecule has 0 amide bonds. The van der Waals surface area contributed by atoms with Crippen LogP contribution in [0.25, 0.3) is 12.2 Å². The first-order chi connectivity index (χ1) is 19.4. The Bertz CT molecular complexity index is 1540. The summed E-state index contributed by atoms with van der Waals surface area (Å²) in [6.07, 6.45) is 19.9. The Morgan fingerprint density at radius 3 is 1.70 bits per heavy atom. The van der Waals surface area contributed by atoms with E-state index in [0.29, 0.717) is 0 Å². The molecule has 8 bridgehead atoms. The van der Waals surface area contributed by atoms with Crippen LogP contribution in [0, 0.1) is 5.41 Å². The van der Waals surface area contributed by atoms with Crippen LogP contribution in [0.1, 0.15) is 105 Å². The first-order valence-electron chi connectivity index (χ1n) is 15.9. The molecule has 4 aliphatic rings. The Morgan fingerprint density at radius 2 is 1.15 bits per heavy atom. The van der Waals surface area contributed by atoms with Crippen molar-refractivity contribution in [1.29, 1.82) is 0 Å². The van der Waals surface area contributed by atoms with Gasteiger partial charge in [-0.1, -0.05) is 61.5 Å². The van der Waals surface area contributed by atoms with Crippen LogP contribution >= 0.6 is 0 Å². The predicted octanol–water partition coefficient (Wildman–Crippen LogP) is 7.29. The fraction of sp³-hybridized carbons (Fsp3) is 0.500. The van der Waals surface area contributed by atoms with Gasteiger partial charge in [-0.2, -0.15) is 0 Å². The van der Waals surface area contributed by atoms with Crippen molar-refractivity contribution >= 4 is 23.6 Å². The molecule has 0 fully saturated rings. The molecule has 1 aromatic heterocycles. The van der Waals surface area contributed by atoms with Crippen LogP contribution in [0.4, 0.5) is 0 Å². The number of fused-ring (bicyclic) bond motifs is 6. The van der Waals surface area contributed by atoms with Gasteiger partial charge in [-0.25, -0.2) is 9.98 Å². The van der Waals surface area contributed by atoms with Crippen LogP contribution in [-0.4, -0.2) is 22.4 Å². The van der Waals surface area contributed by atoms with Gasteiger partial charge in [0.05, 0.1) is 28.9 Å². The molecule has 0 saturated carbocycles. The zero-order valence-electron chi connectivity index (χ0n) is 26.0. The summed E-state index contributed by atoms with van der Waals surface area (Å²) in [6.45, 7) is 18.3. The van der Waals surface area contributed by atoms with Crippen molar-refractivity contribution in [3.8, 4) is 0 Å². The second-order valence-corrected chi connectivity index (χ2v) is 11.5. The zero-order chi connectivity index (χ0) is 28.6. The van der Waals surface area contributed by atoms with Gasteiger partial charge < -0.3 is 10.3 Å². The molecule has 0 spiro atoms. The third-order valence-corrected chi connectivity index (χ3v) is 9.73. The van der Waals surface area contributed by atoms with E-state index < -0.39 is 0 Å². The van der Waals surface area contributed by atoms with Crippen molar-refractivity contribution in [2.24, 2.45) is 15.4 Å². The molecule has 212 valence electrons. The van der Waals surface area contributed by atoms with Gasteiger partial charge in [0.25, 0.3) is 0 Å². The van der Waals surface area contributed by atoms with Crippen LogP contribution in [0.15, 0.2) is 67.6 Å². The number of aromatic nitrogens is 1. The van der Waals surface area contributed by atoms with Crippen molar-refractivity contribution in [3.63, 3.8) is 0 Å². The van der Waals surface area contributed by atoms with Crippen LogP contribution in [-0.2, 0) is 12.8 Å². The summed E-state index contributed by atoms with van der Waals surface area (Å²) in [4.78, 5) is 14.4. The molecule has 2 N–H and O–H groups in total. The summed E-state index contributed by atoms with van der Waals surface area (Å²) in [5.74, 6) is 0. The average Bonchev–Trinajstić information content (AvgIpc) is 3.68. The lowest BCUT2D eigenvalue weighted by Gasteiger charge is -2.31. The molecule has 0 radical (unpaired) electrons. The maximum atomic E-state index is 5.32. The molecule has 0 aliphatic carbocycles. The highest BCUT2D eigenvalue weighted by molar-refractivity contribution is 6.24.